The van der Waals surface area contributed by atoms with Gasteiger partial charge in [-0.15, -0.1) is 0 Å². The molecule has 2 rings (SSSR count). The second kappa shape index (κ2) is 9.77. The first-order chi connectivity index (χ1) is 13.3. The molecule has 2 N–H and O–H groups in total. The Bertz CT molecular complexity index is 934. The SMILES string of the molecule is CCOc1ccc(S(=O)(=O)N[C@H](C)C(=O)Nc2ccccc2OCC)cc1Cl. The standard InChI is InChI=1S/C19H23ClN2O5S/c1-4-26-17-11-10-14(12-15(17)20)28(24,25)22-13(3)19(23)21-16-8-6-7-9-18(16)27-5-2/h6-13,22H,4-5H2,1-3H3,(H,21,23)/t13-/m1/s1. The average molecular weight is 427 g/mol. The molecule has 0 aliphatic rings. The van der Waals surface area contributed by atoms with Gasteiger partial charge in [0, 0.05) is 0 Å². The zero-order valence-corrected chi connectivity index (χ0v) is 17.4. The van der Waals surface area contributed by atoms with E-state index in [2.05, 4.69) is 10.0 Å². The van der Waals surface area contributed by atoms with Gasteiger partial charge in [0.25, 0.3) is 0 Å². The minimum Gasteiger partial charge on any atom is -0.492 e. The summed E-state index contributed by atoms with van der Waals surface area (Å²) >= 11 is 6.06. The van der Waals surface area contributed by atoms with Crippen molar-refractivity contribution < 1.29 is 22.7 Å². The van der Waals surface area contributed by atoms with Crippen LogP contribution in [0.3, 0.4) is 0 Å². The van der Waals surface area contributed by atoms with E-state index >= 15 is 0 Å². The largest absolute Gasteiger partial charge is 0.492 e. The first-order valence-corrected chi connectivity index (χ1v) is 10.6. The number of para-hydroxylation sites is 2. The van der Waals surface area contributed by atoms with E-state index in [4.69, 9.17) is 21.1 Å². The molecule has 0 saturated heterocycles. The quantitative estimate of drug-likeness (QED) is 0.640. The zero-order valence-electron chi connectivity index (χ0n) is 15.9. The summed E-state index contributed by atoms with van der Waals surface area (Å²) in [6.45, 7) is 5.92. The summed E-state index contributed by atoms with van der Waals surface area (Å²) in [5.41, 5.74) is 0.463. The van der Waals surface area contributed by atoms with Crippen LogP contribution in [-0.4, -0.2) is 33.6 Å². The molecule has 1 atom stereocenters. The summed E-state index contributed by atoms with van der Waals surface area (Å²) < 4.78 is 38.2. The fraction of sp³-hybridized carbons (Fsp3) is 0.316. The minimum atomic E-state index is -3.95. The highest BCUT2D eigenvalue weighted by molar-refractivity contribution is 7.89. The highest BCUT2D eigenvalue weighted by Crippen LogP contribution is 2.27. The van der Waals surface area contributed by atoms with Crippen molar-refractivity contribution in [2.75, 3.05) is 18.5 Å². The van der Waals surface area contributed by atoms with Gasteiger partial charge in [0.2, 0.25) is 15.9 Å². The smallest absolute Gasteiger partial charge is 0.242 e. The van der Waals surface area contributed by atoms with Gasteiger partial charge in [-0.05, 0) is 51.1 Å². The average Bonchev–Trinajstić information content (AvgIpc) is 2.65. The van der Waals surface area contributed by atoms with Crippen molar-refractivity contribution >= 4 is 33.2 Å². The van der Waals surface area contributed by atoms with E-state index in [0.717, 1.165) is 0 Å². The van der Waals surface area contributed by atoms with Crippen molar-refractivity contribution in [1.82, 2.24) is 4.72 Å². The van der Waals surface area contributed by atoms with E-state index in [1.165, 1.54) is 25.1 Å². The molecule has 0 spiro atoms. The van der Waals surface area contributed by atoms with E-state index in [0.29, 0.717) is 30.4 Å². The molecule has 0 fully saturated rings. The number of nitrogens with one attached hydrogen (secondary N) is 2. The lowest BCUT2D eigenvalue weighted by Gasteiger charge is -2.16. The van der Waals surface area contributed by atoms with Crippen LogP contribution < -0.4 is 19.5 Å². The number of amides is 1. The molecular formula is C19H23ClN2O5S. The fourth-order valence-electron chi connectivity index (χ4n) is 2.37. The van der Waals surface area contributed by atoms with E-state index < -0.39 is 22.0 Å². The van der Waals surface area contributed by atoms with Crippen molar-refractivity contribution in [1.29, 1.82) is 0 Å². The van der Waals surface area contributed by atoms with E-state index in [-0.39, 0.29) is 9.92 Å². The fourth-order valence-corrected chi connectivity index (χ4v) is 3.90. The number of carbonyl (C=O) groups excluding carboxylic acids is 1. The third kappa shape index (κ3) is 5.60. The Morgan fingerprint density at radius 1 is 1.07 bits per heavy atom. The van der Waals surface area contributed by atoms with E-state index in [9.17, 15) is 13.2 Å². The molecule has 9 heteroatoms. The molecule has 1 amide bonds. The maximum absolute atomic E-state index is 12.6. The molecule has 0 unspecified atom stereocenters. The number of anilines is 1. The molecule has 152 valence electrons. The summed E-state index contributed by atoms with van der Waals surface area (Å²) in [6, 6.07) is 10.0. The number of sulfonamides is 1. The summed E-state index contributed by atoms with van der Waals surface area (Å²) in [4.78, 5) is 12.4. The van der Waals surface area contributed by atoms with Gasteiger partial charge in [0.05, 0.1) is 34.9 Å². The molecule has 28 heavy (non-hydrogen) atoms. The molecule has 2 aromatic carbocycles. The molecule has 0 aliphatic carbocycles. The van der Waals surface area contributed by atoms with Crippen LogP contribution in [0.25, 0.3) is 0 Å². The lowest BCUT2D eigenvalue weighted by Crippen LogP contribution is -2.41. The van der Waals surface area contributed by atoms with Gasteiger partial charge in [-0.1, -0.05) is 23.7 Å². The lowest BCUT2D eigenvalue weighted by molar-refractivity contribution is -0.117. The van der Waals surface area contributed by atoms with Crippen LogP contribution in [0.1, 0.15) is 20.8 Å². The van der Waals surface area contributed by atoms with Crippen LogP contribution in [0.4, 0.5) is 5.69 Å². The number of ether oxygens (including phenoxy) is 2. The van der Waals surface area contributed by atoms with E-state index in [1.807, 2.05) is 6.92 Å². The highest BCUT2D eigenvalue weighted by Gasteiger charge is 2.23. The molecule has 7 nitrogen and oxygen atoms in total. The number of benzene rings is 2. The van der Waals surface area contributed by atoms with Crippen LogP contribution in [0.5, 0.6) is 11.5 Å². The zero-order chi connectivity index (χ0) is 20.7. The Morgan fingerprint density at radius 3 is 2.36 bits per heavy atom. The Labute approximate surface area is 170 Å². The maximum Gasteiger partial charge on any atom is 0.242 e. The monoisotopic (exact) mass is 426 g/mol. The molecular weight excluding hydrogens is 404 g/mol. The second-order valence-corrected chi connectivity index (χ2v) is 7.91. The van der Waals surface area contributed by atoms with Gasteiger partial charge >= 0.3 is 0 Å². The maximum atomic E-state index is 12.6. The van der Waals surface area contributed by atoms with Gasteiger partial charge in [-0.2, -0.15) is 4.72 Å². The van der Waals surface area contributed by atoms with Crippen molar-refractivity contribution in [3.63, 3.8) is 0 Å². The Hall–Kier alpha value is -2.29. The molecule has 0 saturated carbocycles. The predicted molar refractivity (Wildman–Crippen MR) is 109 cm³/mol. The number of carbonyl (C=O) groups is 1. The first kappa shape index (κ1) is 22.0. The van der Waals surface area contributed by atoms with Crippen LogP contribution in [0.2, 0.25) is 5.02 Å². The number of rotatable bonds is 9. The first-order valence-electron chi connectivity index (χ1n) is 8.75. The Kier molecular flexibility index (Phi) is 7.68. The molecule has 2 aromatic rings. The van der Waals surface area contributed by atoms with Gasteiger partial charge in [0.1, 0.15) is 11.5 Å². The van der Waals surface area contributed by atoms with E-state index in [1.54, 1.807) is 31.2 Å². The topological polar surface area (TPSA) is 93.7 Å². The summed E-state index contributed by atoms with van der Waals surface area (Å²) in [5.74, 6) is 0.376. The number of hydrogen-bond donors (Lipinski definition) is 2. The van der Waals surface area contributed by atoms with Crippen LogP contribution >= 0.6 is 11.6 Å². The molecule has 0 heterocycles. The second-order valence-electron chi connectivity index (χ2n) is 5.79. The van der Waals surface area contributed by atoms with Crippen LogP contribution in [-0.2, 0) is 14.8 Å². The van der Waals surface area contributed by atoms with Crippen LogP contribution in [0.15, 0.2) is 47.4 Å². The summed E-state index contributed by atoms with van der Waals surface area (Å²) in [6.07, 6.45) is 0. The normalized spacial score (nSPS) is 12.3. The molecule has 0 bridgehead atoms. The van der Waals surface area contributed by atoms with Crippen molar-refractivity contribution in [3.8, 4) is 11.5 Å². The summed E-state index contributed by atoms with van der Waals surface area (Å²) in [7, 11) is -3.95. The Balaban J connectivity index is 2.11. The van der Waals surface area contributed by atoms with Crippen molar-refractivity contribution in [2.24, 2.45) is 0 Å². The minimum absolute atomic E-state index is 0.0599. The molecule has 0 aromatic heterocycles. The lowest BCUT2D eigenvalue weighted by atomic mass is 10.2. The summed E-state index contributed by atoms with van der Waals surface area (Å²) in [5, 5.41) is 2.84. The van der Waals surface area contributed by atoms with Gasteiger partial charge in [-0.3, -0.25) is 4.79 Å². The Morgan fingerprint density at radius 2 is 1.71 bits per heavy atom. The molecule has 0 aliphatic heterocycles. The van der Waals surface area contributed by atoms with Gasteiger partial charge in [-0.25, -0.2) is 8.42 Å². The van der Waals surface area contributed by atoms with Gasteiger partial charge < -0.3 is 14.8 Å². The molecule has 0 radical (unpaired) electrons. The predicted octanol–water partition coefficient (Wildman–Crippen LogP) is 3.44. The van der Waals surface area contributed by atoms with Crippen LogP contribution in [0, 0.1) is 0 Å². The van der Waals surface area contributed by atoms with Gasteiger partial charge in [0.15, 0.2) is 0 Å². The highest BCUT2D eigenvalue weighted by atomic mass is 35.5. The third-order valence-electron chi connectivity index (χ3n) is 3.68. The third-order valence-corrected chi connectivity index (χ3v) is 5.52. The van der Waals surface area contributed by atoms with Crippen molar-refractivity contribution in [2.45, 2.75) is 31.7 Å². The number of halogens is 1. The number of hydrogen-bond acceptors (Lipinski definition) is 5. The van der Waals surface area contributed by atoms with Crippen molar-refractivity contribution in [3.05, 3.63) is 47.5 Å².